The minimum atomic E-state index is -4.37. The number of rotatable bonds is 5. The average Bonchev–Trinajstić information content (AvgIpc) is 3.08. The number of esters is 2. The Morgan fingerprint density at radius 2 is 1.62 bits per heavy atom. The van der Waals surface area contributed by atoms with Crippen molar-refractivity contribution in [2.45, 2.75) is 4.90 Å². The lowest BCUT2D eigenvalue weighted by Crippen LogP contribution is -2.21. The number of carbonyl (C=O) groups excluding carboxylic acids is 2. The van der Waals surface area contributed by atoms with E-state index in [0.29, 0.717) is 3.97 Å². The Balaban J connectivity index is 2.54. The van der Waals surface area contributed by atoms with Gasteiger partial charge in [-0.3, -0.25) is 10.1 Å². The second kappa shape index (κ2) is 7.36. The second-order valence-electron chi connectivity index (χ2n) is 5.75. The highest BCUT2D eigenvalue weighted by Crippen LogP contribution is 2.33. The quantitative estimate of drug-likeness (QED) is 0.350. The van der Waals surface area contributed by atoms with Gasteiger partial charge in [0, 0.05) is 17.5 Å². The maximum Gasteiger partial charge on any atom is 0.356 e. The lowest BCUT2D eigenvalue weighted by atomic mass is 10.1. The van der Waals surface area contributed by atoms with Crippen molar-refractivity contribution in [3.05, 3.63) is 69.9 Å². The standard InChI is InChI=1S/C18H14N2O8S/c1-27-17(21)15-13-10-11(20(23)24)8-9-14(13)19(16(15)18(22)28-2)29(25,26)12-6-4-3-5-7-12/h3-10H,1-2H3. The summed E-state index contributed by atoms with van der Waals surface area (Å²) in [6.07, 6.45) is 0. The minimum absolute atomic E-state index is 0.111. The van der Waals surface area contributed by atoms with Crippen molar-refractivity contribution in [3.63, 3.8) is 0 Å². The Morgan fingerprint density at radius 1 is 1.00 bits per heavy atom. The predicted molar refractivity (Wildman–Crippen MR) is 100 cm³/mol. The van der Waals surface area contributed by atoms with Crippen LogP contribution in [0.4, 0.5) is 5.69 Å². The number of nitrogens with zero attached hydrogens (tertiary/aromatic N) is 2. The van der Waals surface area contributed by atoms with Crippen molar-refractivity contribution in [1.29, 1.82) is 0 Å². The molecule has 0 saturated heterocycles. The largest absolute Gasteiger partial charge is 0.465 e. The molecule has 11 heteroatoms. The van der Waals surface area contributed by atoms with Gasteiger partial charge in [0.1, 0.15) is 5.56 Å². The third kappa shape index (κ3) is 3.21. The molecule has 150 valence electrons. The molecule has 0 bridgehead atoms. The van der Waals surface area contributed by atoms with E-state index in [0.717, 1.165) is 32.4 Å². The molecule has 10 nitrogen and oxygen atoms in total. The fourth-order valence-corrected chi connectivity index (χ4v) is 4.44. The fraction of sp³-hybridized carbons (Fsp3) is 0.111. The number of hydrogen-bond donors (Lipinski definition) is 0. The Morgan fingerprint density at radius 3 is 2.17 bits per heavy atom. The fourth-order valence-electron chi connectivity index (χ4n) is 2.90. The highest BCUT2D eigenvalue weighted by atomic mass is 32.2. The maximum absolute atomic E-state index is 13.3. The molecule has 0 spiro atoms. The molecule has 0 radical (unpaired) electrons. The number of fused-ring (bicyclic) bond motifs is 1. The van der Waals surface area contributed by atoms with Crippen molar-refractivity contribution in [3.8, 4) is 0 Å². The molecule has 0 aliphatic heterocycles. The van der Waals surface area contributed by atoms with Gasteiger partial charge < -0.3 is 9.47 Å². The molecular formula is C18H14N2O8S. The molecule has 0 atom stereocenters. The van der Waals surface area contributed by atoms with E-state index in [1.165, 1.54) is 24.3 Å². The summed E-state index contributed by atoms with van der Waals surface area (Å²) in [6.45, 7) is 0. The van der Waals surface area contributed by atoms with E-state index in [4.69, 9.17) is 0 Å². The van der Waals surface area contributed by atoms with Gasteiger partial charge in [-0.15, -0.1) is 0 Å². The van der Waals surface area contributed by atoms with Crippen molar-refractivity contribution in [2.24, 2.45) is 0 Å². The van der Waals surface area contributed by atoms with Gasteiger partial charge in [-0.1, -0.05) is 18.2 Å². The lowest BCUT2D eigenvalue weighted by Gasteiger charge is -2.11. The van der Waals surface area contributed by atoms with Crippen LogP contribution in [0.1, 0.15) is 20.8 Å². The predicted octanol–water partition coefficient (Wildman–Crippen LogP) is 2.36. The third-order valence-electron chi connectivity index (χ3n) is 4.17. The van der Waals surface area contributed by atoms with Crippen LogP contribution in [-0.2, 0) is 19.5 Å². The first kappa shape index (κ1) is 20.0. The zero-order chi connectivity index (χ0) is 21.3. The molecule has 0 N–H and O–H groups in total. The molecule has 0 amide bonds. The third-order valence-corrected chi connectivity index (χ3v) is 5.90. The summed E-state index contributed by atoms with van der Waals surface area (Å²) in [4.78, 5) is 35.2. The Kier molecular flexibility index (Phi) is 5.08. The zero-order valence-electron chi connectivity index (χ0n) is 15.2. The van der Waals surface area contributed by atoms with Gasteiger partial charge in [-0.25, -0.2) is 22.0 Å². The van der Waals surface area contributed by atoms with E-state index < -0.39 is 43.8 Å². The van der Waals surface area contributed by atoms with Crippen molar-refractivity contribution >= 4 is 38.6 Å². The molecule has 0 fully saturated rings. The van der Waals surface area contributed by atoms with E-state index in [1.54, 1.807) is 6.07 Å². The van der Waals surface area contributed by atoms with Gasteiger partial charge in [0.15, 0.2) is 5.69 Å². The first-order valence-corrected chi connectivity index (χ1v) is 9.48. The molecule has 0 aliphatic carbocycles. The van der Waals surface area contributed by atoms with E-state index in [9.17, 15) is 28.1 Å². The summed E-state index contributed by atoms with van der Waals surface area (Å²) < 4.78 is 36.6. The van der Waals surface area contributed by atoms with Gasteiger partial charge in [0.05, 0.1) is 29.6 Å². The molecule has 2 aromatic carbocycles. The van der Waals surface area contributed by atoms with Gasteiger partial charge in [0.2, 0.25) is 0 Å². The van der Waals surface area contributed by atoms with Gasteiger partial charge >= 0.3 is 11.9 Å². The van der Waals surface area contributed by atoms with E-state index in [1.807, 2.05) is 0 Å². The number of non-ortho nitro benzene ring substituents is 1. The molecule has 1 aromatic heterocycles. The number of methoxy groups -OCH3 is 2. The lowest BCUT2D eigenvalue weighted by molar-refractivity contribution is -0.384. The number of nitro benzene ring substituents is 1. The zero-order valence-corrected chi connectivity index (χ0v) is 16.0. The normalized spacial score (nSPS) is 11.2. The van der Waals surface area contributed by atoms with Crippen LogP contribution in [0.3, 0.4) is 0 Å². The summed E-state index contributed by atoms with van der Waals surface area (Å²) in [7, 11) is -2.31. The number of nitro groups is 1. The maximum atomic E-state index is 13.3. The topological polar surface area (TPSA) is 135 Å². The first-order chi connectivity index (χ1) is 13.7. The van der Waals surface area contributed by atoms with Crippen LogP contribution in [0.25, 0.3) is 10.9 Å². The number of carbonyl (C=O) groups is 2. The SMILES string of the molecule is COC(=O)c1c(C(=O)OC)n(S(=O)(=O)c2ccccc2)c2ccc([N+](=O)[O-])cc12. The van der Waals surface area contributed by atoms with Crippen LogP contribution >= 0.6 is 0 Å². The summed E-state index contributed by atoms with van der Waals surface area (Å²) in [5.41, 5.74) is -1.56. The van der Waals surface area contributed by atoms with Gasteiger partial charge in [0.25, 0.3) is 15.7 Å². The van der Waals surface area contributed by atoms with Crippen LogP contribution in [0, 0.1) is 10.1 Å². The molecule has 0 aliphatic rings. The first-order valence-electron chi connectivity index (χ1n) is 8.04. The number of ether oxygens (including phenoxy) is 2. The van der Waals surface area contributed by atoms with Crippen LogP contribution in [0.5, 0.6) is 0 Å². The summed E-state index contributed by atoms with van der Waals surface area (Å²) in [6, 6.07) is 10.4. The summed E-state index contributed by atoms with van der Waals surface area (Å²) in [5.74, 6) is -2.17. The second-order valence-corrected chi connectivity index (χ2v) is 7.53. The van der Waals surface area contributed by atoms with Gasteiger partial charge in [-0.05, 0) is 18.2 Å². The Labute approximate surface area is 164 Å². The number of hydrogen-bond acceptors (Lipinski definition) is 8. The van der Waals surface area contributed by atoms with Gasteiger partial charge in [-0.2, -0.15) is 0 Å². The van der Waals surface area contributed by atoms with Crippen LogP contribution in [0.15, 0.2) is 53.4 Å². The monoisotopic (exact) mass is 418 g/mol. The van der Waals surface area contributed by atoms with Crippen molar-refractivity contribution in [2.75, 3.05) is 14.2 Å². The average molecular weight is 418 g/mol. The van der Waals surface area contributed by atoms with E-state index in [2.05, 4.69) is 9.47 Å². The molecule has 3 rings (SSSR count). The van der Waals surface area contributed by atoms with Crippen LogP contribution < -0.4 is 0 Å². The Bertz CT molecular complexity index is 1250. The summed E-state index contributed by atoms with van der Waals surface area (Å²) >= 11 is 0. The molecule has 3 aromatic rings. The van der Waals surface area contributed by atoms with Crippen LogP contribution in [-0.4, -0.2) is 43.5 Å². The number of benzene rings is 2. The highest BCUT2D eigenvalue weighted by Gasteiger charge is 2.35. The molecule has 0 unspecified atom stereocenters. The highest BCUT2D eigenvalue weighted by molar-refractivity contribution is 7.90. The van der Waals surface area contributed by atoms with Crippen LogP contribution in [0.2, 0.25) is 0 Å². The van der Waals surface area contributed by atoms with Crippen molar-refractivity contribution < 1.29 is 32.4 Å². The van der Waals surface area contributed by atoms with E-state index in [-0.39, 0.29) is 15.8 Å². The van der Waals surface area contributed by atoms with E-state index >= 15 is 0 Å². The molecule has 0 saturated carbocycles. The minimum Gasteiger partial charge on any atom is -0.465 e. The number of aromatic nitrogens is 1. The smallest absolute Gasteiger partial charge is 0.356 e. The Hall–Kier alpha value is -3.73. The summed E-state index contributed by atoms with van der Waals surface area (Å²) in [5, 5.41) is 11.0. The molecule has 1 heterocycles. The molecule has 29 heavy (non-hydrogen) atoms. The van der Waals surface area contributed by atoms with Crippen molar-refractivity contribution in [1.82, 2.24) is 3.97 Å². The molecular weight excluding hydrogens is 404 g/mol.